The first-order chi connectivity index (χ1) is 9.89. The van der Waals surface area contributed by atoms with Gasteiger partial charge in [-0.05, 0) is 42.9 Å². The zero-order valence-electron chi connectivity index (χ0n) is 12.1. The van der Waals surface area contributed by atoms with Gasteiger partial charge in [-0.3, -0.25) is 4.79 Å². The van der Waals surface area contributed by atoms with Gasteiger partial charge in [0.25, 0.3) is 0 Å². The number of cyclic esters (lactones) is 1. The zero-order valence-corrected chi connectivity index (χ0v) is 12.1. The van der Waals surface area contributed by atoms with Gasteiger partial charge in [0.1, 0.15) is 0 Å². The first-order valence-corrected chi connectivity index (χ1v) is 7.51. The average molecular weight is 270 g/mol. The molecule has 0 saturated carbocycles. The lowest BCUT2D eigenvalue weighted by Gasteiger charge is -2.03. The molecule has 0 aromatic heterocycles. The van der Waals surface area contributed by atoms with Crippen molar-refractivity contribution in [2.24, 2.45) is 0 Å². The smallest absolute Gasteiger partial charge is 0.305 e. The second kappa shape index (κ2) is 12.2. The lowest BCUT2D eigenvalue weighted by molar-refractivity contribution is -0.143. The molecule has 0 bridgehead atoms. The molecule has 0 saturated heterocycles. The Kier molecular flexibility index (Phi) is 9.88. The molecule has 0 aliphatic carbocycles. The maximum absolute atomic E-state index is 11.4. The molecule has 0 fully saturated rings. The summed E-state index contributed by atoms with van der Waals surface area (Å²) >= 11 is 0. The summed E-state index contributed by atoms with van der Waals surface area (Å²) < 4.78 is 5.14. The fourth-order valence-corrected chi connectivity index (χ4v) is 1.88. The highest BCUT2D eigenvalue weighted by atomic mass is 16.5. The number of hydrogen-bond donors (Lipinski definition) is 0. The summed E-state index contributed by atoms with van der Waals surface area (Å²) in [5.41, 5.74) is 0. The first kappa shape index (κ1) is 16.2. The van der Waals surface area contributed by atoms with Crippen LogP contribution in [0.1, 0.15) is 64.2 Å². The highest BCUT2D eigenvalue weighted by Crippen LogP contribution is 2.09. The number of rotatable bonds is 0. The predicted molar refractivity (Wildman–Crippen MR) is 80.5 cm³/mol. The Balaban J connectivity index is 2.35. The minimum atomic E-state index is -0.0796. The summed E-state index contributed by atoms with van der Waals surface area (Å²) in [6.45, 7) is 0.459. The van der Waals surface area contributed by atoms with E-state index in [1.165, 1.54) is 19.3 Å². The van der Waals surface area contributed by atoms with Crippen LogP contribution in [0.2, 0.25) is 0 Å². The minimum Gasteiger partial charge on any atom is -0.466 e. The normalized spacial score (nSPS) is 18.3. The number of hydrogen-bond acceptors (Lipinski definition) is 2. The molecular weight excluding hydrogens is 248 g/mol. The average Bonchev–Trinajstić information content (AvgIpc) is 2.45. The number of esters is 1. The third-order valence-corrected chi connectivity index (χ3v) is 3.01. The fraction of sp³-hybridized carbons (Fsp3) is 0.611. The van der Waals surface area contributed by atoms with Crippen molar-refractivity contribution in [3.8, 4) is 35.5 Å². The summed E-state index contributed by atoms with van der Waals surface area (Å²) in [6.07, 6.45) is 9.71. The van der Waals surface area contributed by atoms with E-state index in [2.05, 4.69) is 35.5 Å². The SMILES string of the molecule is O=C1CCCCCCCCC#CC#CC#CCCCO1. The highest BCUT2D eigenvalue weighted by Gasteiger charge is 2.01. The summed E-state index contributed by atoms with van der Waals surface area (Å²) in [7, 11) is 0. The van der Waals surface area contributed by atoms with Crippen LogP contribution in [-0.2, 0) is 9.53 Å². The van der Waals surface area contributed by atoms with Crippen molar-refractivity contribution in [2.75, 3.05) is 6.61 Å². The summed E-state index contributed by atoms with van der Waals surface area (Å²) in [5, 5.41) is 0. The topological polar surface area (TPSA) is 26.3 Å². The largest absolute Gasteiger partial charge is 0.466 e. The summed E-state index contributed by atoms with van der Waals surface area (Å²) in [4.78, 5) is 11.4. The molecule has 0 N–H and O–H groups in total. The molecule has 0 aromatic rings. The maximum Gasteiger partial charge on any atom is 0.305 e. The fourth-order valence-electron chi connectivity index (χ4n) is 1.88. The second-order valence-electron chi connectivity index (χ2n) is 4.80. The molecule has 106 valence electrons. The van der Waals surface area contributed by atoms with E-state index in [0.717, 1.165) is 32.1 Å². The van der Waals surface area contributed by atoms with E-state index in [4.69, 9.17) is 4.74 Å². The second-order valence-corrected chi connectivity index (χ2v) is 4.80. The van der Waals surface area contributed by atoms with Crippen molar-refractivity contribution in [1.82, 2.24) is 0 Å². The quantitative estimate of drug-likeness (QED) is 0.498. The third kappa shape index (κ3) is 10.1. The molecule has 0 radical (unpaired) electrons. The maximum atomic E-state index is 11.4. The molecule has 20 heavy (non-hydrogen) atoms. The van der Waals surface area contributed by atoms with Gasteiger partial charge in [0, 0.05) is 19.3 Å². The Morgan fingerprint density at radius 2 is 1.30 bits per heavy atom. The number of ether oxygens (including phenoxy) is 1. The Morgan fingerprint density at radius 1 is 0.700 bits per heavy atom. The lowest BCUT2D eigenvalue weighted by Crippen LogP contribution is -2.05. The van der Waals surface area contributed by atoms with Crippen molar-refractivity contribution in [3.63, 3.8) is 0 Å². The lowest BCUT2D eigenvalue weighted by atomic mass is 10.1. The molecule has 0 spiro atoms. The van der Waals surface area contributed by atoms with Crippen LogP contribution in [-0.4, -0.2) is 12.6 Å². The molecule has 0 aromatic carbocycles. The van der Waals surface area contributed by atoms with Gasteiger partial charge < -0.3 is 4.74 Å². The summed E-state index contributed by atoms with van der Waals surface area (Å²) in [5.74, 6) is 16.9. The Hall–Kier alpha value is -1.85. The van der Waals surface area contributed by atoms with Crippen molar-refractivity contribution < 1.29 is 9.53 Å². The molecule has 0 atom stereocenters. The van der Waals surface area contributed by atoms with Gasteiger partial charge in [0.2, 0.25) is 0 Å². The van der Waals surface area contributed by atoms with E-state index in [1.807, 2.05) is 0 Å². The van der Waals surface area contributed by atoms with E-state index < -0.39 is 0 Å². The van der Waals surface area contributed by atoms with Gasteiger partial charge in [-0.2, -0.15) is 0 Å². The summed E-state index contributed by atoms with van der Waals surface area (Å²) in [6, 6.07) is 0. The van der Waals surface area contributed by atoms with Gasteiger partial charge in [-0.1, -0.05) is 37.5 Å². The molecule has 2 heteroatoms. The van der Waals surface area contributed by atoms with Crippen LogP contribution in [0, 0.1) is 35.5 Å². The predicted octanol–water partition coefficient (Wildman–Crippen LogP) is 3.45. The highest BCUT2D eigenvalue weighted by molar-refractivity contribution is 5.69. The molecular formula is C18H22O2. The molecule has 0 amide bonds. The van der Waals surface area contributed by atoms with Crippen LogP contribution in [0.5, 0.6) is 0 Å². The molecule has 1 aliphatic heterocycles. The molecule has 2 nitrogen and oxygen atoms in total. The van der Waals surface area contributed by atoms with Crippen molar-refractivity contribution in [1.29, 1.82) is 0 Å². The van der Waals surface area contributed by atoms with E-state index in [1.54, 1.807) is 0 Å². The van der Waals surface area contributed by atoms with Crippen LogP contribution in [0.4, 0.5) is 0 Å². The van der Waals surface area contributed by atoms with Gasteiger partial charge in [0.05, 0.1) is 6.61 Å². The van der Waals surface area contributed by atoms with Crippen LogP contribution in [0.3, 0.4) is 0 Å². The van der Waals surface area contributed by atoms with Crippen molar-refractivity contribution in [2.45, 2.75) is 64.2 Å². The molecule has 0 unspecified atom stereocenters. The number of carbonyl (C=O) groups is 1. The minimum absolute atomic E-state index is 0.0796. The molecule has 1 rings (SSSR count). The Bertz CT molecular complexity index is 457. The van der Waals surface area contributed by atoms with E-state index in [-0.39, 0.29) is 5.97 Å². The zero-order chi connectivity index (χ0) is 14.3. The van der Waals surface area contributed by atoms with Crippen molar-refractivity contribution >= 4 is 5.97 Å². The van der Waals surface area contributed by atoms with E-state index >= 15 is 0 Å². The van der Waals surface area contributed by atoms with Gasteiger partial charge in [-0.25, -0.2) is 0 Å². The van der Waals surface area contributed by atoms with E-state index in [0.29, 0.717) is 19.4 Å². The van der Waals surface area contributed by atoms with Gasteiger partial charge >= 0.3 is 5.97 Å². The van der Waals surface area contributed by atoms with Gasteiger partial charge in [0.15, 0.2) is 0 Å². The van der Waals surface area contributed by atoms with Gasteiger partial charge in [-0.15, -0.1) is 0 Å². The monoisotopic (exact) mass is 270 g/mol. The van der Waals surface area contributed by atoms with E-state index in [9.17, 15) is 4.79 Å². The molecule has 1 heterocycles. The first-order valence-electron chi connectivity index (χ1n) is 7.51. The Morgan fingerprint density at radius 3 is 2.05 bits per heavy atom. The molecule has 1 aliphatic rings. The van der Waals surface area contributed by atoms with Crippen LogP contribution >= 0.6 is 0 Å². The van der Waals surface area contributed by atoms with Crippen LogP contribution in [0.15, 0.2) is 0 Å². The number of carbonyl (C=O) groups excluding carboxylic acids is 1. The van der Waals surface area contributed by atoms with Crippen molar-refractivity contribution in [3.05, 3.63) is 0 Å². The Labute approximate surface area is 122 Å². The van der Waals surface area contributed by atoms with Crippen LogP contribution in [0.25, 0.3) is 0 Å². The standard InChI is InChI=1S/C18H22O2/c19-18-16-14-12-10-8-6-4-2-1-3-5-7-9-11-13-15-17-20-18/h2,4,6,8,10,12-17H2. The van der Waals surface area contributed by atoms with Crippen LogP contribution < -0.4 is 0 Å². The third-order valence-electron chi connectivity index (χ3n) is 3.01.